The summed E-state index contributed by atoms with van der Waals surface area (Å²) in [6.45, 7) is 0.0172. The maximum atomic E-state index is 12.5. The van der Waals surface area contributed by atoms with E-state index < -0.39 is 17.3 Å². The fourth-order valence-corrected chi connectivity index (χ4v) is 3.14. The number of carbonyl (C=O) groups is 3. The van der Waals surface area contributed by atoms with Gasteiger partial charge in [0.05, 0.1) is 11.3 Å². The van der Waals surface area contributed by atoms with E-state index in [0.717, 1.165) is 16.9 Å². The van der Waals surface area contributed by atoms with Gasteiger partial charge in [0.2, 0.25) is 11.8 Å². The molecule has 1 heterocycles. The number of nitrogens with zero attached hydrogens (tertiary/aromatic N) is 1. The standard InChI is InChI=1S/C16H17NO4/c18-13-9-12(11-5-2-1-3-6-11)14(19)17(13)10-16(15(20)21)7-4-8-16/h1-3,5-6,12H,4,7-10H2,(H,20,21). The van der Waals surface area contributed by atoms with Gasteiger partial charge in [0.25, 0.3) is 0 Å². The predicted octanol–water partition coefficient (Wildman–Crippen LogP) is 1.78. The molecular weight excluding hydrogens is 270 g/mol. The lowest BCUT2D eigenvalue weighted by Crippen LogP contribution is -2.49. The van der Waals surface area contributed by atoms with Crippen LogP contribution >= 0.6 is 0 Å². The van der Waals surface area contributed by atoms with E-state index in [0.29, 0.717) is 12.8 Å². The molecule has 1 N–H and O–H groups in total. The smallest absolute Gasteiger partial charge is 0.311 e. The van der Waals surface area contributed by atoms with Crippen LogP contribution in [0.15, 0.2) is 30.3 Å². The molecule has 2 aliphatic rings. The Morgan fingerprint density at radius 1 is 1.24 bits per heavy atom. The van der Waals surface area contributed by atoms with Crippen LogP contribution < -0.4 is 0 Å². The number of hydrogen-bond donors (Lipinski definition) is 1. The van der Waals surface area contributed by atoms with Crippen LogP contribution in [0.4, 0.5) is 0 Å². The minimum absolute atomic E-state index is 0.0172. The third kappa shape index (κ3) is 2.22. The van der Waals surface area contributed by atoms with E-state index in [1.807, 2.05) is 30.3 Å². The summed E-state index contributed by atoms with van der Waals surface area (Å²) in [4.78, 5) is 37.2. The molecule has 1 saturated heterocycles. The Morgan fingerprint density at radius 3 is 2.43 bits per heavy atom. The van der Waals surface area contributed by atoms with Crippen LogP contribution in [-0.2, 0) is 14.4 Å². The molecule has 21 heavy (non-hydrogen) atoms. The molecule has 5 nitrogen and oxygen atoms in total. The zero-order valence-electron chi connectivity index (χ0n) is 11.6. The van der Waals surface area contributed by atoms with Crippen molar-refractivity contribution in [2.45, 2.75) is 31.6 Å². The van der Waals surface area contributed by atoms with Gasteiger partial charge in [0.15, 0.2) is 0 Å². The van der Waals surface area contributed by atoms with Crippen molar-refractivity contribution in [3.8, 4) is 0 Å². The Labute approximate surface area is 122 Å². The quantitative estimate of drug-likeness (QED) is 0.857. The highest BCUT2D eigenvalue weighted by Crippen LogP contribution is 2.43. The number of likely N-dealkylation sites (tertiary alicyclic amines) is 1. The third-order valence-corrected chi connectivity index (χ3v) is 4.67. The second-order valence-electron chi connectivity index (χ2n) is 5.92. The molecule has 1 saturated carbocycles. The highest BCUT2D eigenvalue weighted by molar-refractivity contribution is 6.06. The number of imide groups is 1. The largest absolute Gasteiger partial charge is 0.481 e. The molecule has 0 spiro atoms. The highest BCUT2D eigenvalue weighted by atomic mass is 16.4. The van der Waals surface area contributed by atoms with Gasteiger partial charge in [-0.15, -0.1) is 0 Å². The van der Waals surface area contributed by atoms with E-state index in [9.17, 15) is 19.5 Å². The first kappa shape index (κ1) is 13.8. The monoisotopic (exact) mass is 287 g/mol. The van der Waals surface area contributed by atoms with Crippen LogP contribution in [0.3, 0.4) is 0 Å². The van der Waals surface area contributed by atoms with Gasteiger partial charge in [-0.25, -0.2) is 0 Å². The van der Waals surface area contributed by atoms with Crippen molar-refractivity contribution >= 4 is 17.8 Å². The van der Waals surface area contributed by atoms with Crippen molar-refractivity contribution < 1.29 is 19.5 Å². The van der Waals surface area contributed by atoms with Crippen LogP contribution in [-0.4, -0.2) is 34.3 Å². The van der Waals surface area contributed by atoms with Crippen LogP contribution in [0.2, 0.25) is 0 Å². The van der Waals surface area contributed by atoms with Crippen LogP contribution in [0.1, 0.15) is 37.2 Å². The fourth-order valence-electron chi connectivity index (χ4n) is 3.14. The molecule has 1 atom stereocenters. The number of aliphatic carboxylic acids is 1. The van der Waals surface area contributed by atoms with Gasteiger partial charge in [-0.1, -0.05) is 36.8 Å². The molecule has 2 fully saturated rings. The molecule has 1 aromatic carbocycles. The fraction of sp³-hybridized carbons (Fsp3) is 0.438. The maximum Gasteiger partial charge on any atom is 0.311 e. The summed E-state index contributed by atoms with van der Waals surface area (Å²) >= 11 is 0. The zero-order valence-corrected chi connectivity index (χ0v) is 11.6. The first-order valence-electron chi connectivity index (χ1n) is 7.16. The molecule has 3 rings (SSSR count). The lowest BCUT2D eigenvalue weighted by Gasteiger charge is -2.39. The number of carboxylic acid groups (broad SMARTS) is 1. The summed E-state index contributed by atoms with van der Waals surface area (Å²) in [5.74, 6) is -1.90. The van der Waals surface area contributed by atoms with Gasteiger partial charge < -0.3 is 5.11 Å². The van der Waals surface area contributed by atoms with E-state index in [1.54, 1.807) is 0 Å². The first-order chi connectivity index (χ1) is 10.0. The van der Waals surface area contributed by atoms with E-state index in [1.165, 1.54) is 0 Å². The molecule has 0 bridgehead atoms. The van der Waals surface area contributed by atoms with Crippen molar-refractivity contribution in [3.63, 3.8) is 0 Å². The van der Waals surface area contributed by atoms with E-state index in [4.69, 9.17) is 0 Å². The number of carbonyl (C=O) groups excluding carboxylic acids is 2. The molecule has 1 unspecified atom stereocenters. The Bertz CT molecular complexity index is 592. The topological polar surface area (TPSA) is 74.7 Å². The summed E-state index contributed by atoms with van der Waals surface area (Å²) in [6, 6.07) is 9.18. The molecule has 2 amide bonds. The van der Waals surface area contributed by atoms with Gasteiger partial charge in [0.1, 0.15) is 0 Å². The van der Waals surface area contributed by atoms with E-state index in [2.05, 4.69) is 0 Å². The summed E-state index contributed by atoms with van der Waals surface area (Å²) in [6.07, 6.45) is 2.05. The SMILES string of the molecule is O=C1CC(c2ccccc2)C(=O)N1CC1(C(=O)O)CCC1. The Balaban J connectivity index is 1.80. The number of amides is 2. The molecule has 1 aromatic rings. The molecule has 1 aliphatic heterocycles. The Kier molecular flexibility index (Phi) is 3.27. The third-order valence-electron chi connectivity index (χ3n) is 4.67. The Hall–Kier alpha value is -2.17. The summed E-state index contributed by atoms with van der Waals surface area (Å²) in [7, 11) is 0. The molecule has 110 valence electrons. The van der Waals surface area contributed by atoms with E-state index in [-0.39, 0.29) is 24.8 Å². The molecule has 0 radical (unpaired) electrons. The lowest BCUT2D eigenvalue weighted by atomic mass is 9.68. The van der Waals surface area contributed by atoms with Crippen molar-refractivity contribution in [1.82, 2.24) is 4.90 Å². The minimum atomic E-state index is -0.920. The molecule has 1 aliphatic carbocycles. The number of carboxylic acids is 1. The van der Waals surface area contributed by atoms with Crippen molar-refractivity contribution in [2.75, 3.05) is 6.54 Å². The first-order valence-corrected chi connectivity index (χ1v) is 7.16. The van der Waals surface area contributed by atoms with Crippen molar-refractivity contribution in [3.05, 3.63) is 35.9 Å². The summed E-state index contributed by atoms with van der Waals surface area (Å²) in [5, 5.41) is 9.35. The van der Waals surface area contributed by atoms with Gasteiger partial charge >= 0.3 is 5.97 Å². The van der Waals surface area contributed by atoms with Gasteiger partial charge in [-0.05, 0) is 18.4 Å². The van der Waals surface area contributed by atoms with Gasteiger partial charge in [-0.2, -0.15) is 0 Å². The number of hydrogen-bond acceptors (Lipinski definition) is 3. The van der Waals surface area contributed by atoms with Crippen LogP contribution in [0.5, 0.6) is 0 Å². The average Bonchev–Trinajstić information content (AvgIpc) is 2.70. The van der Waals surface area contributed by atoms with Crippen molar-refractivity contribution in [1.29, 1.82) is 0 Å². The number of benzene rings is 1. The summed E-state index contributed by atoms with van der Waals surface area (Å²) < 4.78 is 0. The predicted molar refractivity (Wildman–Crippen MR) is 74.4 cm³/mol. The average molecular weight is 287 g/mol. The van der Waals surface area contributed by atoms with E-state index >= 15 is 0 Å². The minimum Gasteiger partial charge on any atom is -0.481 e. The zero-order chi connectivity index (χ0) is 15.0. The van der Waals surface area contributed by atoms with Gasteiger partial charge in [0, 0.05) is 13.0 Å². The molecular formula is C16H17NO4. The Morgan fingerprint density at radius 2 is 1.90 bits per heavy atom. The van der Waals surface area contributed by atoms with Crippen LogP contribution in [0, 0.1) is 5.41 Å². The molecule has 5 heteroatoms. The number of rotatable bonds is 4. The maximum absolute atomic E-state index is 12.5. The van der Waals surface area contributed by atoms with Gasteiger partial charge in [-0.3, -0.25) is 19.3 Å². The normalized spacial score (nSPS) is 24.0. The second-order valence-corrected chi connectivity index (χ2v) is 5.92. The second kappa shape index (κ2) is 4.98. The summed E-state index contributed by atoms with van der Waals surface area (Å²) in [5.41, 5.74) is -0.104. The highest BCUT2D eigenvalue weighted by Gasteiger charge is 2.50. The van der Waals surface area contributed by atoms with Crippen LogP contribution in [0.25, 0.3) is 0 Å². The molecule has 0 aromatic heterocycles. The van der Waals surface area contributed by atoms with Crippen molar-refractivity contribution in [2.24, 2.45) is 5.41 Å². The lowest BCUT2D eigenvalue weighted by molar-refractivity contribution is -0.158.